The maximum absolute atomic E-state index is 13.0. The molecule has 28 heavy (non-hydrogen) atoms. The molecule has 3 aromatic rings. The molecule has 1 amide bonds. The van der Waals surface area contributed by atoms with Crippen molar-refractivity contribution in [1.82, 2.24) is 9.78 Å². The van der Waals surface area contributed by atoms with Crippen molar-refractivity contribution in [1.29, 1.82) is 0 Å². The van der Waals surface area contributed by atoms with Gasteiger partial charge in [-0.05, 0) is 61.6 Å². The molecule has 0 atom stereocenters. The third kappa shape index (κ3) is 3.98. The number of hydrogen-bond donors (Lipinski definition) is 1. The van der Waals surface area contributed by atoms with Crippen molar-refractivity contribution in [2.24, 2.45) is 0 Å². The van der Waals surface area contributed by atoms with Gasteiger partial charge in [0.25, 0.3) is 5.91 Å². The molecular formula is C22H23N3OS2. The van der Waals surface area contributed by atoms with Crippen molar-refractivity contribution in [3.63, 3.8) is 0 Å². The minimum absolute atomic E-state index is 0.113. The summed E-state index contributed by atoms with van der Waals surface area (Å²) < 4.78 is 2.28. The number of amides is 1. The van der Waals surface area contributed by atoms with Gasteiger partial charge in [0.1, 0.15) is 0 Å². The first-order valence-corrected chi connectivity index (χ1v) is 11.5. The third-order valence-corrected chi connectivity index (χ3v) is 7.78. The first-order valence-electron chi connectivity index (χ1n) is 9.39. The van der Waals surface area contributed by atoms with Crippen LogP contribution in [0.1, 0.15) is 38.3 Å². The first kappa shape index (κ1) is 19.2. The van der Waals surface area contributed by atoms with Gasteiger partial charge in [-0.1, -0.05) is 30.3 Å². The largest absolute Gasteiger partial charge is 0.322 e. The summed E-state index contributed by atoms with van der Waals surface area (Å²) in [5.41, 5.74) is 5.26. The predicted molar refractivity (Wildman–Crippen MR) is 120 cm³/mol. The van der Waals surface area contributed by atoms with Crippen LogP contribution in [0.5, 0.6) is 0 Å². The zero-order valence-electron chi connectivity index (χ0n) is 16.0. The Kier molecular flexibility index (Phi) is 5.78. The average Bonchev–Trinajstić information content (AvgIpc) is 3.03. The van der Waals surface area contributed by atoms with Crippen molar-refractivity contribution in [2.45, 2.75) is 24.9 Å². The summed E-state index contributed by atoms with van der Waals surface area (Å²) in [5.74, 6) is 2.29. The van der Waals surface area contributed by atoms with Crippen LogP contribution in [0.4, 0.5) is 5.69 Å². The van der Waals surface area contributed by atoms with Gasteiger partial charge < -0.3 is 5.32 Å². The Bertz CT molecular complexity index is 979. The maximum atomic E-state index is 13.0. The number of thioether (sulfide) groups is 2. The summed E-state index contributed by atoms with van der Waals surface area (Å²) in [6, 6.07) is 18.1. The summed E-state index contributed by atoms with van der Waals surface area (Å²) in [6.45, 7) is 3.82. The highest BCUT2D eigenvalue weighted by Crippen LogP contribution is 2.44. The van der Waals surface area contributed by atoms with Gasteiger partial charge in [-0.25, -0.2) is 4.68 Å². The molecule has 4 nitrogen and oxygen atoms in total. The van der Waals surface area contributed by atoms with E-state index in [9.17, 15) is 4.79 Å². The van der Waals surface area contributed by atoms with Gasteiger partial charge in [0, 0.05) is 5.69 Å². The van der Waals surface area contributed by atoms with E-state index in [1.54, 1.807) is 0 Å². The number of rotatable bonds is 4. The Morgan fingerprint density at radius 3 is 2.57 bits per heavy atom. The van der Waals surface area contributed by atoms with E-state index in [4.69, 9.17) is 0 Å². The zero-order valence-corrected chi connectivity index (χ0v) is 17.6. The third-order valence-electron chi connectivity index (χ3n) is 4.76. The van der Waals surface area contributed by atoms with E-state index < -0.39 is 0 Å². The molecule has 0 saturated carbocycles. The molecular weight excluding hydrogens is 386 g/mol. The average molecular weight is 410 g/mol. The summed E-state index contributed by atoms with van der Waals surface area (Å²) in [6.07, 6.45) is 1.27. The lowest BCUT2D eigenvalue weighted by atomic mass is 10.1. The van der Waals surface area contributed by atoms with Crippen molar-refractivity contribution < 1.29 is 4.79 Å². The minimum Gasteiger partial charge on any atom is -0.322 e. The zero-order chi connectivity index (χ0) is 19.5. The molecule has 0 bridgehead atoms. The highest BCUT2D eigenvalue weighted by Gasteiger charge is 2.21. The molecule has 6 heteroatoms. The molecule has 1 saturated heterocycles. The van der Waals surface area contributed by atoms with Gasteiger partial charge in [-0.3, -0.25) is 4.79 Å². The van der Waals surface area contributed by atoms with Crippen LogP contribution in [0.3, 0.4) is 0 Å². The number of hydrogen-bond acceptors (Lipinski definition) is 4. The summed E-state index contributed by atoms with van der Waals surface area (Å²) >= 11 is 3.97. The standard InChI is InChI=1S/C22H23N3OS2/c1-15-20(16(2)25(24-15)19-10-4-3-5-11-19)21(26)23-18-9-6-8-17(14-18)22-27-12-7-13-28-22/h3-6,8-11,14,22H,7,12-13H2,1-2H3,(H,23,26). The Morgan fingerprint density at radius 2 is 1.82 bits per heavy atom. The molecule has 2 aromatic carbocycles. The lowest BCUT2D eigenvalue weighted by Gasteiger charge is -2.21. The number of aryl methyl sites for hydroxylation is 1. The fourth-order valence-electron chi connectivity index (χ4n) is 3.43. The second-order valence-electron chi connectivity index (χ2n) is 6.80. The Morgan fingerprint density at radius 1 is 1.07 bits per heavy atom. The van der Waals surface area contributed by atoms with Crippen LogP contribution in [0.15, 0.2) is 54.6 Å². The quantitative estimate of drug-likeness (QED) is 0.608. The van der Waals surface area contributed by atoms with E-state index in [0.29, 0.717) is 10.1 Å². The minimum atomic E-state index is -0.113. The number of aromatic nitrogens is 2. The lowest BCUT2D eigenvalue weighted by Crippen LogP contribution is -2.14. The van der Waals surface area contributed by atoms with E-state index in [2.05, 4.69) is 22.5 Å². The van der Waals surface area contributed by atoms with Crippen LogP contribution in [0, 0.1) is 13.8 Å². The number of nitrogens with zero attached hydrogens (tertiary/aromatic N) is 2. The summed E-state index contributed by atoms with van der Waals surface area (Å²) in [5, 5.41) is 7.66. The number of para-hydroxylation sites is 1. The maximum Gasteiger partial charge on any atom is 0.259 e. The number of benzene rings is 2. The van der Waals surface area contributed by atoms with Crippen LogP contribution in [0.2, 0.25) is 0 Å². The summed E-state index contributed by atoms with van der Waals surface area (Å²) in [7, 11) is 0. The second kappa shape index (κ2) is 8.45. The van der Waals surface area contributed by atoms with Crippen LogP contribution < -0.4 is 5.32 Å². The fraction of sp³-hybridized carbons (Fsp3) is 0.273. The second-order valence-corrected chi connectivity index (χ2v) is 9.52. The van der Waals surface area contributed by atoms with Crippen molar-refractivity contribution >= 4 is 35.1 Å². The highest BCUT2D eigenvalue weighted by atomic mass is 32.2. The van der Waals surface area contributed by atoms with Crippen molar-refractivity contribution in [3.8, 4) is 5.69 Å². The molecule has 1 aromatic heterocycles. The molecule has 1 fully saturated rings. The number of anilines is 1. The normalized spacial score (nSPS) is 14.8. The lowest BCUT2D eigenvalue weighted by molar-refractivity contribution is 0.102. The van der Waals surface area contributed by atoms with Gasteiger partial charge >= 0.3 is 0 Å². The van der Waals surface area contributed by atoms with E-state index in [-0.39, 0.29) is 5.91 Å². The fourth-order valence-corrected chi connectivity index (χ4v) is 6.30. The first-order chi connectivity index (χ1) is 13.6. The van der Waals surface area contributed by atoms with Crippen LogP contribution in [0.25, 0.3) is 5.69 Å². The van der Waals surface area contributed by atoms with Crippen LogP contribution in [-0.2, 0) is 0 Å². The van der Waals surface area contributed by atoms with Gasteiger partial charge in [-0.2, -0.15) is 5.10 Å². The molecule has 0 aliphatic carbocycles. The van der Waals surface area contributed by atoms with Gasteiger partial charge in [-0.15, -0.1) is 23.5 Å². The molecule has 0 spiro atoms. The van der Waals surface area contributed by atoms with Gasteiger partial charge in [0.15, 0.2) is 0 Å². The van der Waals surface area contributed by atoms with E-state index in [1.807, 2.05) is 84.5 Å². The van der Waals surface area contributed by atoms with Gasteiger partial charge in [0.2, 0.25) is 0 Å². The van der Waals surface area contributed by atoms with Crippen molar-refractivity contribution in [3.05, 3.63) is 77.1 Å². The van der Waals surface area contributed by atoms with Crippen LogP contribution >= 0.6 is 23.5 Å². The molecule has 1 aliphatic rings. The Labute approximate surface area is 174 Å². The van der Waals surface area contributed by atoms with Gasteiger partial charge in [0.05, 0.1) is 27.2 Å². The highest BCUT2D eigenvalue weighted by molar-refractivity contribution is 8.16. The predicted octanol–water partition coefficient (Wildman–Crippen LogP) is 5.61. The van der Waals surface area contributed by atoms with E-state index in [1.165, 1.54) is 23.5 Å². The van der Waals surface area contributed by atoms with Crippen LogP contribution in [-0.4, -0.2) is 27.2 Å². The van der Waals surface area contributed by atoms with Crippen molar-refractivity contribution in [2.75, 3.05) is 16.8 Å². The topological polar surface area (TPSA) is 46.9 Å². The smallest absolute Gasteiger partial charge is 0.259 e. The molecule has 144 valence electrons. The number of carbonyl (C=O) groups is 1. The summed E-state index contributed by atoms with van der Waals surface area (Å²) in [4.78, 5) is 13.0. The molecule has 1 N–H and O–H groups in total. The molecule has 0 radical (unpaired) electrons. The molecule has 1 aliphatic heterocycles. The SMILES string of the molecule is Cc1nn(-c2ccccc2)c(C)c1C(=O)Nc1cccc(C2SCCCS2)c1. The van der Waals surface area contributed by atoms with E-state index >= 15 is 0 Å². The monoisotopic (exact) mass is 409 g/mol. The van der Waals surface area contributed by atoms with E-state index in [0.717, 1.165) is 22.8 Å². The Hall–Kier alpha value is -2.18. The number of nitrogens with one attached hydrogen (secondary N) is 1. The molecule has 0 unspecified atom stereocenters. The molecule has 2 heterocycles. The Balaban J connectivity index is 1.57. The number of carbonyl (C=O) groups excluding carboxylic acids is 1. The molecule has 4 rings (SSSR count).